The van der Waals surface area contributed by atoms with E-state index < -0.39 is 12.1 Å². The Bertz CT molecular complexity index is 419. The van der Waals surface area contributed by atoms with Crippen LogP contribution in [0.4, 0.5) is 0 Å². The first kappa shape index (κ1) is 22.3. The number of allylic oxidation sites excluding steroid dienone is 5. The molecule has 1 atom stereocenters. The number of aliphatic carboxylic acids is 1. The molecule has 0 bridgehead atoms. The molecule has 0 spiro atoms. The van der Waals surface area contributed by atoms with Crippen molar-refractivity contribution in [1.82, 2.24) is 0 Å². The summed E-state index contributed by atoms with van der Waals surface area (Å²) < 4.78 is 0. The number of rotatable bonds is 15. The van der Waals surface area contributed by atoms with Crippen molar-refractivity contribution >= 4 is 11.8 Å². The second-order valence-corrected chi connectivity index (χ2v) is 6.06. The maximum absolute atomic E-state index is 11.6. The third kappa shape index (κ3) is 18.4. The number of ketones is 1. The molecule has 0 aromatic heterocycles. The average molecular weight is 336 g/mol. The minimum Gasteiger partial charge on any atom is -0.481 e. The number of hydrogen-bond donors (Lipinski definition) is 2. The lowest BCUT2D eigenvalue weighted by Gasteiger charge is -2.01. The van der Waals surface area contributed by atoms with Gasteiger partial charge >= 0.3 is 5.97 Å². The van der Waals surface area contributed by atoms with E-state index in [-0.39, 0.29) is 12.2 Å². The molecule has 4 nitrogen and oxygen atoms in total. The molecule has 0 saturated heterocycles. The molecule has 24 heavy (non-hydrogen) atoms. The summed E-state index contributed by atoms with van der Waals surface area (Å²) in [4.78, 5) is 22.0. The van der Waals surface area contributed by atoms with Crippen LogP contribution in [-0.4, -0.2) is 28.1 Å². The fourth-order valence-corrected chi connectivity index (χ4v) is 2.24. The van der Waals surface area contributed by atoms with Crippen LogP contribution in [-0.2, 0) is 9.59 Å². The molecular formula is C20H32O4. The number of aliphatic hydroxyl groups excluding tert-OH is 1. The summed E-state index contributed by atoms with van der Waals surface area (Å²) in [5.41, 5.74) is 0. The molecule has 0 aliphatic rings. The van der Waals surface area contributed by atoms with Gasteiger partial charge in [-0.25, -0.2) is 0 Å². The van der Waals surface area contributed by atoms with Gasteiger partial charge in [-0.05, 0) is 25.8 Å². The fourth-order valence-electron chi connectivity index (χ4n) is 2.24. The normalized spacial score (nSPS) is 13.2. The van der Waals surface area contributed by atoms with E-state index in [1.807, 2.05) is 0 Å². The Labute approximate surface area is 146 Å². The van der Waals surface area contributed by atoms with Crippen molar-refractivity contribution < 1.29 is 19.8 Å². The zero-order valence-electron chi connectivity index (χ0n) is 14.8. The summed E-state index contributed by atoms with van der Waals surface area (Å²) in [7, 11) is 0. The van der Waals surface area contributed by atoms with Gasteiger partial charge in [0.25, 0.3) is 0 Å². The molecular weight excluding hydrogens is 304 g/mol. The highest BCUT2D eigenvalue weighted by atomic mass is 16.4. The smallest absolute Gasteiger partial charge is 0.303 e. The summed E-state index contributed by atoms with van der Waals surface area (Å²) in [6, 6.07) is 0. The highest BCUT2D eigenvalue weighted by Crippen LogP contribution is 2.10. The molecule has 0 heterocycles. The summed E-state index contributed by atoms with van der Waals surface area (Å²) in [6.45, 7) is 1.68. The molecule has 136 valence electrons. The van der Waals surface area contributed by atoms with Gasteiger partial charge in [0, 0.05) is 12.8 Å². The minimum atomic E-state index is -0.708. The van der Waals surface area contributed by atoms with Crippen LogP contribution in [0, 0.1) is 0 Å². The number of aliphatic hydroxyl groups is 1. The lowest BCUT2D eigenvalue weighted by Crippen LogP contribution is -1.93. The summed E-state index contributed by atoms with van der Waals surface area (Å²) in [6.07, 6.45) is 19.0. The van der Waals surface area contributed by atoms with Gasteiger partial charge in [0.1, 0.15) is 0 Å². The Morgan fingerprint density at radius 3 is 1.83 bits per heavy atom. The standard InChI is InChI=1S/C20H32O4/c1-18(21)14-10-8-9-12-16-19(22)15-11-6-4-2-3-5-7-13-17-20(23)24/h8-10,12,14,16,18,21H,2-7,11,13,15,17H2,1H3,(H,23,24). The van der Waals surface area contributed by atoms with Crippen LogP contribution in [0.15, 0.2) is 36.5 Å². The van der Waals surface area contributed by atoms with Crippen molar-refractivity contribution in [3.63, 3.8) is 0 Å². The Morgan fingerprint density at radius 2 is 1.29 bits per heavy atom. The molecule has 0 radical (unpaired) electrons. The fraction of sp³-hybridized carbons (Fsp3) is 0.600. The van der Waals surface area contributed by atoms with E-state index in [2.05, 4.69) is 0 Å². The second kappa shape index (κ2) is 16.2. The first-order chi connectivity index (χ1) is 11.5. The Kier molecular flexibility index (Phi) is 15.1. The molecule has 2 N–H and O–H groups in total. The third-order valence-corrected chi connectivity index (χ3v) is 3.57. The molecule has 4 heteroatoms. The second-order valence-electron chi connectivity index (χ2n) is 6.06. The SMILES string of the molecule is CC(O)C=CC=CC=CC(=O)CCCCCCCCCCC(=O)O. The number of hydrogen-bond acceptors (Lipinski definition) is 3. The lowest BCUT2D eigenvalue weighted by atomic mass is 10.1. The van der Waals surface area contributed by atoms with Crippen molar-refractivity contribution in [2.75, 3.05) is 0 Å². The number of carbonyl (C=O) groups excluding carboxylic acids is 1. The zero-order chi connectivity index (χ0) is 18.0. The van der Waals surface area contributed by atoms with Crippen molar-refractivity contribution in [3.05, 3.63) is 36.5 Å². The molecule has 0 aromatic rings. The van der Waals surface area contributed by atoms with E-state index in [0.717, 1.165) is 51.4 Å². The first-order valence-electron chi connectivity index (χ1n) is 8.96. The Morgan fingerprint density at radius 1 is 0.792 bits per heavy atom. The largest absolute Gasteiger partial charge is 0.481 e. The van der Waals surface area contributed by atoms with Crippen molar-refractivity contribution in [2.45, 2.75) is 77.2 Å². The van der Waals surface area contributed by atoms with Crippen LogP contribution in [0.5, 0.6) is 0 Å². The van der Waals surface area contributed by atoms with E-state index in [0.29, 0.717) is 6.42 Å². The maximum Gasteiger partial charge on any atom is 0.303 e. The molecule has 0 aliphatic carbocycles. The number of carboxylic acid groups (broad SMARTS) is 1. The lowest BCUT2D eigenvalue weighted by molar-refractivity contribution is -0.137. The third-order valence-electron chi connectivity index (χ3n) is 3.57. The van der Waals surface area contributed by atoms with Crippen molar-refractivity contribution in [2.24, 2.45) is 0 Å². The molecule has 0 amide bonds. The van der Waals surface area contributed by atoms with Gasteiger partial charge in [0.15, 0.2) is 5.78 Å². The van der Waals surface area contributed by atoms with E-state index in [9.17, 15) is 9.59 Å². The molecule has 0 aromatic carbocycles. The van der Waals surface area contributed by atoms with Gasteiger partial charge in [-0.3, -0.25) is 9.59 Å². The van der Waals surface area contributed by atoms with Crippen LogP contribution in [0.2, 0.25) is 0 Å². The summed E-state index contributed by atoms with van der Waals surface area (Å²) >= 11 is 0. The highest BCUT2D eigenvalue weighted by molar-refractivity contribution is 5.89. The predicted octanol–water partition coefficient (Wildman–Crippen LogP) is 4.59. The highest BCUT2D eigenvalue weighted by Gasteiger charge is 1.98. The average Bonchev–Trinajstić information content (AvgIpc) is 2.52. The molecule has 0 saturated carbocycles. The van der Waals surface area contributed by atoms with E-state index in [1.165, 1.54) is 0 Å². The number of carboxylic acids is 1. The number of unbranched alkanes of at least 4 members (excludes halogenated alkanes) is 7. The van der Waals surface area contributed by atoms with Gasteiger partial charge in [-0.2, -0.15) is 0 Å². The van der Waals surface area contributed by atoms with Gasteiger partial charge in [0.05, 0.1) is 6.10 Å². The first-order valence-corrected chi connectivity index (χ1v) is 8.96. The molecule has 0 fully saturated rings. The molecule has 0 aliphatic heterocycles. The van der Waals surface area contributed by atoms with E-state index in [1.54, 1.807) is 43.4 Å². The zero-order valence-corrected chi connectivity index (χ0v) is 14.8. The topological polar surface area (TPSA) is 74.6 Å². The molecule has 0 rings (SSSR count). The molecule has 1 unspecified atom stereocenters. The van der Waals surface area contributed by atoms with Crippen molar-refractivity contribution in [1.29, 1.82) is 0 Å². The quantitative estimate of drug-likeness (QED) is 0.260. The summed E-state index contributed by atoms with van der Waals surface area (Å²) in [5.74, 6) is -0.562. The van der Waals surface area contributed by atoms with Gasteiger partial charge in [-0.1, -0.05) is 68.9 Å². The van der Waals surface area contributed by atoms with Crippen LogP contribution >= 0.6 is 0 Å². The Balaban J connectivity index is 3.44. The monoisotopic (exact) mass is 336 g/mol. The maximum atomic E-state index is 11.6. The van der Waals surface area contributed by atoms with Crippen LogP contribution in [0.1, 0.15) is 71.1 Å². The van der Waals surface area contributed by atoms with Crippen LogP contribution < -0.4 is 0 Å². The number of carbonyl (C=O) groups is 2. The van der Waals surface area contributed by atoms with Crippen LogP contribution in [0.3, 0.4) is 0 Å². The van der Waals surface area contributed by atoms with Gasteiger partial charge in [-0.15, -0.1) is 0 Å². The predicted molar refractivity (Wildman–Crippen MR) is 97.9 cm³/mol. The van der Waals surface area contributed by atoms with Crippen molar-refractivity contribution in [3.8, 4) is 0 Å². The summed E-state index contributed by atoms with van der Waals surface area (Å²) in [5, 5.41) is 17.5. The van der Waals surface area contributed by atoms with E-state index in [4.69, 9.17) is 10.2 Å². The van der Waals surface area contributed by atoms with Crippen LogP contribution in [0.25, 0.3) is 0 Å². The van der Waals surface area contributed by atoms with Gasteiger partial charge in [0.2, 0.25) is 0 Å². The van der Waals surface area contributed by atoms with E-state index >= 15 is 0 Å². The Hall–Kier alpha value is -1.68. The van der Waals surface area contributed by atoms with Gasteiger partial charge < -0.3 is 10.2 Å². The minimum absolute atomic E-state index is 0.146.